The van der Waals surface area contributed by atoms with E-state index < -0.39 is 5.60 Å². The number of ether oxygens (including phenoxy) is 2. The SMILES string of the molecule is COc1ccc(C=CCCC(N)C(OC)(c2ccccc2)c2ccccc2)cc1.Cl. The van der Waals surface area contributed by atoms with E-state index in [4.69, 9.17) is 15.2 Å². The third kappa shape index (κ3) is 5.31. The minimum atomic E-state index is -0.684. The molecule has 158 valence electrons. The highest BCUT2D eigenvalue weighted by Crippen LogP contribution is 2.37. The first-order valence-corrected chi connectivity index (χ1v) is 9.93. The van der Waals surface area contributed by atoms with E-state index in [2.05, 4.69) is 36.4 Å². The van der Waals surface area contributed by atoms with Crippen molar-refractivity contribution in [2.75, 3.05) is 14.2 Å². The number of hydrogen-bond acceptors (Lipinski definition) is 3. The molecule has 0 saturated heterocycles. The second-order valence-corrected chi connectivity index (χ2v) is 7.03. The van der Waals surface area contributed by atoms with Crippen molar-refractivity contribution in [1.29, 1.82) is 0 Å². The summed E-state index contributed by atoms with van der Waals surface area (Å²) in [5, 5.41) is 0. The van der Waals surface area contributed by atoms with Gasteiger partial charge in [0.05, 0.1) is 7.11 Å². The van der Waals surface area contributed by atoms with Gasteiger partial charge in [-0.25, -0.2) is 0 Å². The van der Waals surface area contributed by atoms with E-state index in [0.29, 0.717) is 0 Å². The van der Waals surface area contributed by atoms with E-state index in [1.165, 1.54) is 0 Å². The second kappa shape index (κ2) is 11.6. The molecular weight excluding hydrogens is 394 g/mol. The summed E-state index contributed by atoms with van der Waals surface area (Å²) in [7, 11) is 3.42. The van der Waals surface area contributed by atoms with Crippen molar-refractivity contribution in [2.45, 2.75) is 24.5 Å². The van der Waals surface area contributed by atoms with Crippen LogP contribution < -0.4 is 10.5 Å². The summed E-state index contributed by atoms with van der Waals surface area (Å²) in [6, 6.07) is 28.3. The van der Waals surface area contributed by atoms with Crippen LogP contribution in [0.5, 0.6) is 5.75 Å². The van der Waals surface area contributed by atoms with Crippen molar-refractivity contribution in [3.8, 4) is 5.75 Å². The molecule has 0 saturated carbocycles. The lowest BCUT2D eigenvalue weighted by Gasteiger charge is -2.39. The number of methoxy groups -OCH3 is 2. The van der Waals surface area contributed by atoms with Gasteiger partial charge < -0.3 is 15.2 Å². The third-order valence-electron chi connectivity index (χ3n) is 5.32. The molecule has 0 radical (unpaired) electrons. The van der Waals surface area contributed by atoms with Crippen LogP contribution in [0, 0.1) is 0 Å². The molecule has 3 aromatic carbocycles. The van der Waals surface area contributed by atoms with Crippen LogP contribution in [-0.2, 0) is 10.3 Å². The first-order valence-electron chi connectivity index (χ1n) is 9.93. The fourth-order valence-corrected chi connectivity index (χ4v) is 3.77. The van der Waals surface area contributed by atoms with Crippen LogP contribution in [0.4, 0.5) is 0 Å². The van der Waals surface area contributed by atoms with E-state index in [0.717, 1.165) is 35.3 Å². The van der Waals surface area contributed by atoms with Gasteiger partial charge in [0.1, 0.15) is 11.4 Å². The maximum atomic E-state index is 6.77. The average molecular weight is 424 g/mol. The van der Waals surface area contributed by atoms with Crippen molar-refractivity contribution in [1.82, 2.24) is 0 Å². The molecule has 3 aromatic rings. The molecule has 0 bridgehead atoms. The normalized spacial score (nSPS) is 12.4. The molecule has 30 heavy (non-hydrogen) atoms. The number of nitrogens with two attached hydrogens (primary N) is 1. The molecule has 0 aliphatic carbocycles. The smallest absolute Gasteiger partial charge is 0.133 e. The van der Waals surface area contributed by atoms with E-state index >= 15 is 0 Å². The van der Waals surface area contributed by atoms with Crippen LogP contribution >= 0.6 is 12.4 Å². The van der Waals surface area contributed by atoms with Gasteiger partial charge >= 0.3 is 0 Å². The lowest BCUT2D eigenvalue weighted by molar-refractivity contribution is -0.00256. The standard InChI is InChI=1S/C26H29NO2.ClH/c1-28-24-19-17-21(18-20-24)11-9-10-16-25(27)26(29-2,22-12-5-3-6-13-22)23-14-7-4-8-15-23;/h3-9,11-15,17-20,25H,10,16,27H2,1-2H3;1H. The molecule has 0 heterocycles. The monoisotopic (exact) mass is 423 g/mol. The Balaban J connectivity index is 0.00000320. The minimum Gasteiger partial charge on any atom is -0.497 e. The molecule has 3 nitrogen and oxygen atoms in total. The van der Waals surface area contributed by atoms with Gasteiger partial charge in [0.2, 0.25) is 0 Å². The van der Waals surface area contributed by atoms with Gasteiger partial charge in [0.25, 0.3) is 0 Å². The number of halogens is 1. The topological polar surface area (TPSA) is 44.5 Å². The Kier molecular flexibility index (Phi) is 9.13. The highest BCUT2D eigenvalue weighted by atomic mass is 35.5. The molecule has 0 amide bonds. The number of rotatable bonds is 9. The molecule has 0 aliphatic heterocycles. The Labute approximate surface area is 185 Å². The number of hydrogen-bond donors (Lipinski definition) is 1. The van der Waals surface area contributed by atoms with Gasteiger partial charge in [-0.15, -0.1) is 12.4 Å². The molecule has 4 heteroatoms. The van der Waals surface area contributed by atoms with E-state index in [9.17, 15) is 0 Å². The zero-order valence-corrected chi connectivity index (χ0v) is 18.3. The fourth-order valence-electron chi connectivity index (χ4n) is 3.77. The quantitative estimate of drug-likeness (QED) is 0.471. The van der Waals surface area contributed by atoms with Crippen molar-refractivity contribution >= 4 is 18.5 Å². The minimum absolute atomic E-state index is 0. The first kappa shape index (κ1) is 23.7. The van der Waals surface area contributed by atoms with Crippen LogP contribution in [0.1, 0.15) is 29.5 Å². The van der Waals surface area contributed by atoms with Crippen molar-refractivity contribution in [2.24, 2.45) is 5.73 Å². The first-order chi connectivity index (χ1) is 14.2. The third-order valence-corrected chi connectivity index (χ3v) is 5.32. The number of benzene rings is 3. The van der Waals surface area contributed by atoms with Gasteiger partial charge in [0.15, 0.2) is 0 Å². The van der Waals surface area contributed by atoms with Crippen molar-refractivity contribution in [3.05, 3.63) is 108 Å². The van der Waals surface area contributed by atoms with Crippen molar-refractivity contribution < 1.29 is 9.47 Å². The molecular formula is C26H30ClNO2. The largest absolute Gasteiger partial charge is 0.497 e. The van der Waals surface area contributed by atoms with Gasteiger partial charge in [-0.3, -0.25) is 0 Å². The predicted molar refractivity (Wildman–Crippen MR) is 127 cm³/mol. The number of allylic oxidation sites excluding steroid dienone is 1. The Morgan fingerprint density at radius 2 is 1.37 bits per heavy atom. The summed E-state index contributed by atoms with van der Waals surface area (Å²) >= 11 is 0. The van der Waals surface area contributed by atoms with E-state index in [1.54, 1.807) is 14.2 Å². The van der Waals surface area contributed by atoms with Gasteiger partial charge in [-0.1, -0.05) is 84.9 Å². The van der Waals surface area contributed by atoms with Crippen LogP contribution in [0.25, 0.3) is 6.08 Å². The average Bonchev–Trinajstić information content (AvgIpc) is 2.79. The van der Waals surface area contributed by atoms with Crippen LogP contribution in [0.15, 0.2) is 91.0 Å². The van der Waals surface area contributed by atoms with Crippen LogP contribution in [0.2, 0.25) is 0 Å². The van der Waals surface area contributed by atoms with Crippen LogP contribution in [0.3, 0.4) is 0 Å². The lowest BCUT2D eigenvalue weighted by Crippen LogP contribution is -2.47. The Morgan fingerprint density at radius 3 is 1.83 bits per heavy atom. The Bertz CT molecular complexity index is 856. The van der Waals surface area contributed by atoms with Crippen molar-refractivity contribution in [3.63, 3.8) is 0 Å². The molecule has 1 unspecified atom stereocenters. The summed E-state index contributed by atoms with van der Waals surface area (Å²) in [4.78, 5) is 0. The van der Waals surface area contributed by atoms with Gasteiger partial charge in [0, 0.05) is 13.2 Å². The van der Waals surface area contributed by atoms with Crippen LogP contribution in [-0.4, -0.2) is 20.3 Å². The maximum Gasteiger partial charge on any atom is 0.133 e. The molecule has 0 spiro atoms. The summed E-state index contributed by atoms with van der Waals surface area (Å²) in [6.07, 6.45) is 5.94. The summed E-state index contributed by atoms with van der Waals surface area (Å²) in [6.45, 7) is 0. The summed E-state index contributed by atoms with van der Waals surface area (Å²) in [5.74, 6) is 0.861. The molecule has 1 atom stereocenters. The maximum absolute atomic E-state index is 6.77. The molecule has 2 N–H and O–H groups in total. The van der Waals surface area contributed by atoms with Gasteiger partial charge in [-0.2, -0.15) is 0 Å². The predicted octanol–water partition coefficient (Wildman–Crippen LogP) is 5.83. The Morgan fingerprint density at radius 1 is 0.833 bits per heavy atom. The molecule has 0 aliphatic rings. The highest BCUT2D eigenvalue weighted by molar-refractivity contribution is 5.85. The second-order valence-electron chi connectivity index (χ2n) is 7.03. The van der Waals surface area contributed by atoms with E-state index in [1.807, 2.05) is 60.7 Å². The summed E-state index contributed by atoms with van der Waals surface area (Å²) < 4.78 is 11.4. The van der Waals surface area contributed by atoms with E-state index in [-0.39, 0.29) is 18.4 Å². The molecule has 0 fully saturated rings. The fraction of sp³-hybridized carbons (Fsp3) is 0.231. The Hall–Kier alpha value is -2.59. The lowest BCUT2D eigenvalue weighted by atomic mass is 9.78. The molecule has 0 aromatic heterocycles. The zero-order valence-electron chi connectivity index (χ0n) is 17.5. The molecule has 3 rings (SSSR count). The highest BCUT2D eigenvalue weighted by Gasteiger charge is 2.40. The van der Waals surface area contributed by atoms with Gasteiger partial charge in [-0.05, 0) is 41.7 Å². The zero-order chi connectivity index (χ0) is 20.5. The summed E-state index contributed by atoms with van der Waals surface area (Å²) in [5.41, 5.74) is 9.37.